The van der Waals surface area contributed by atoms with Crippen LogP contribution >= 0.6 is 0 Å². The molecule has 0 spiro atoms. The standard InChI is InChI=1S/C24H20F2N2O5/c1-32-22(29)12-27-11-20-19-10-17(26)7-8-21(19)28(23(20)33-24(30)31)13-15-4-2-3-14-5-6-16(25)9-18(14)15/h2-10,27H,11-13H2,1H3,(H,30,31). The smallest absolute Gasteiger partial charge is 0.468 e. The van der Waals surface area contributed by atoms with Crippen LogP contribution in [0.15, 0.2) is 54.6 Å². The molecule has 2 N–H and O–H groups in total. The lowest BCUT2D eigenvalue weighted by molar-refractivity contribution is -0.139. The highest BCUT2D eigenvalue weighted by Crippen LogP contribution is 2.35. The molecule has 1 heterocycles. The first kappa shape index (κ1) is 22.2. The zero-order valence-corrected chi connectivity index (χ0v) is 17.6. The Morgan fingerprint density at radius 3 is 2.48 bits per heavy atom. The van der Waals surface area contributed by atoms with Crippen molar-refractivity contribution in [3.8, 4) is 5.88 Å². The van der Waals surface area contributed by atoms with E-state index in [4.69, 9.17) is 4.74 Å². The van der Waals surface area contributed by atoms with Crippen LogP contribution in [0.5, 0.6) is 5.88 Å². The molecule has 0 saturated carbocycles. The molecule has 4 aromatic rings. The summed E-state index contributed by atoms with van der Waals surface area (Å²) in [4.78, 5) is 23.0. The number of carbonyl (C=O) groups excluding carboxylic acids is 1. The average molecular weight is 454 g/mol. The van der Waals surface area contributed by atoms with E-state index in [1.807, 2.05) is 12.1 Å². The molecular weight excluding hydrogens is 434 g/mol. The molecule has 0 unspecified atom stereocenters. The molecule has 0 saturated heterocycles. The molecule has 0 aliphatic carbocycles. The number of fused-ring (bicyclic) bond motifs is 2. The average Bonchev–Trinajstić information content (AvgIpc) is 3.05. The molecule has 0 amide bonds. The van der Waals surface area contributed by atoms with Gasteiger partial charge >= 0.3 is 12.1 Å². The van der Waals surface area contributed by atoms with E-state index in [-0.39, 0.29) is 25.5 Å². The zero-order chi connectivity index (χ0) is 23.5. The molecule has 9 heteroatoms. The molecule has 0 aliphatic heterocycles. The fourth-order valence-electron chi connectivity index (χ4n) is 3.88. The van der Waals surface area contributed by atoms with Crippen molar-refractivity contribution in [1.29, 1.82) is 0 Å². The Morgan fingerprint density at radius 1 is 1.03 bits per heavy atom. The summed E-state index contributed by atoms with van der Waals surface area (Å²) in [6.07, 6.45) is -1.54. The maximum Gasteiger partial charge on any atom is 0.512 e. The highest BCUT2D eigenvalue weighted by Gasteiger charge is 2.22. The molecule has 1 aromatic heterocycles. The van der Waals surface area contributed by atoms with Crippen LogP contribution in [0.4, 0.5) is 13.6 Å². The summed E-state index contributed by atoms with van der Waals surface area (Å²) in [6, 6.07) is 14.0. The molecule has 33 heavy (non-hydrogen) atoms. The first-order valence-electron chi connectivity index (χ1n) is 10.0. The molecule has 0 bridgehead atoms. The van der Waals surface area contributed by atoms with E-state index in [2.05, 4.69) is 10.1 Å². The van der Waals surface area contributed by atoms with Gasteiger partial charge in [-0.05, 0) is 46.7 Å². The van der Waals surface area contributed by atoms with Crippen LogP contribution in [0.1, 0.15) is 11.1 Å². The monoisotopic (exact) mass is 454 g/mol. The van der Waals surface area contributed by atoms with Gasteiger partial charge in [-0.25, -0.2) is 13.6 Å². The number of halogens is 2. The summed E-state index contributed by atoms with van der Waals surface area (Å²) in [5, 5.41) is 14.1. The number of nitrogens with zero attached hydrogens (tertiary/aromatic N) is 1. The number of rotatable bonds is 7. The van der Waals surface area contributed by atoms with Crippen LogP contribution in [0.3, 0.4) is 0 Å². The Morgan fingerprint density at radius 2 is 1.76 bits per heavy atom. The number of methoxy groups -OCH3 is 1. The number of hydrogen-bond acceptors (Lipinski definition) is 5. The van der Waals surface area contributed by atoms with Crippen molar-refractivity contribution in [1.82, 2.24) is 9.88 Å². The van der Waals surface area contributed by atoms with Crippen LogP contribution < -0.4 is 10.1 Å². The van der Waals surface area contributed by atoms with Gasteiger partial charge in [-0.15, -0.1) is 0 Å². The maximum atomic E-state index is 14.1. The highest BCUT2D eigenvalue weighted by atomic mass is 19.1. The van der Waals surface area contributed by atoms with Crippen LogP contribution in [0, 0.1) is 11.6 Å². The molecule has 0 atom stereocenters. The summed E-state index contributed by atoms with van der Waals surface area (Å²) in [5.74, 6) is -1.44. The molecule has 4 rings (SSSR count). The number of nitrogens with one attached hydrogen (secondary N) is 1. The van der Waals surface area contributed by atoms with Crippen molar-refractivity contribution in [2.45, 2.75) is 13.1 Å². The van der Waals surface area contributed by atoms with Gasteiger partial charge in [0, 0.05) is 17.5 Å². The van der Waals surface area contributed by atoms with Gasteiger partial charge in [0.2, 0.25) is 5.88 Å². The molecule has 0 radical (unpaired) electrons. The largest absolute Gasteiger partial charge is 0.512 e. The third-order valence-electron chi connectivity index (χ3n) is 5.32. The number of hydrogen-bond donors (Lipinski definition) is 2. The second-order valence-electron chi connectivity index (χ2n) is 7.36. The Kier molecular flexibility index (Phi) is 6.23. The lowest BCUT2D eigenvalue weighted by Crippen LogP contribution is -2.24. The third-order valence-corrected chi connectivity index (χ3v) is 5.32. The van der Waals surface area contributed by atoms with E-state index >= 15 is 0 Å². The minimum Gasteiger partial charge on any atom is -0.468 e. The fraction of sp³-hybridized carbons (Fsp3) is 0.167. The lowest BCUT2D eigenvalue weighted by Gasteiger charge is -2.13. The second-order valence-corrected chi connectivity index (χ2v) is 7.36. The van der Waals surface area contributed by atoms with E-state index in [1.54, 1.807) is 16.7 Å². The van der Waals surface area contributed by atoms with Crippen molar-refractivity contribution >= 4 is 33.8 Å². The van der Waals surface area contributed by atoms with Crippen molar-refractivity contribution in [3.05, 3.63) is 77.4 Å². The third kappa shape index (κ3) is 4.63. The fourth-order valence-corrected chi connectivity index (χ4v) is 3.88. The van der Waals surface area contributed by atoms with Gasteiger partial charge in [-0.1, -0.05) is 24.3 Å². The number of carbonyl (C=O) groups is 2. The van der Waals surface area contributed by atoms with Crippen LogP contribution in [-0.2, 0) is 22.6 Å². The summed E-state index contributed by atoms with van der Waals surface area (Å²) >= 11 is 0. The first-order chi connectivity index (χ1) is 15.9. The number of esters is 1. The van der Waals surface area contributed by atoms with Crippen molar-refractivity contribution in [2.24, 2.45) is 0 Å². The molecule has 7 nitrogen and oxygen atoms in total. The predicted molar refractivity (Wildman–Crippen MR) is 117 cm³/mol. The van der Waals surface area contributed by atoms with Gasteiger partial charge in [0.1, 0.15) is 11.6 Å². The van der Waals surface area contributed by atoms with Crippen molar-refractivity contribution in [3.63, 3.8) is 0 Å². The second kappa shape index (κ2) is 9.25. The molecular formula is C24H20F2N2O5. The summed E-state index contributed by atoms with van der Waals surface area (Å²) in [7, 11) is 1.25. The molecule has 0 fully saturated rings. The first-order valence-corrected chi connectivity index (χ1v) is 10.0. The summed E-state index contributed by atoms with van der Waals surface area (Å²) in [6.45, 7) is 0.0327. The van der Waals surface area contributed by atoms with Gasteiger partial charge in [0.25, 0.3) is 0 Å². The number of carboxylic acid groups (broad SMARTS) is 1. The van der Waals surface area contributed by atoms with E-state index < -0.39 is 23.8 Å². The number of ether oxygens (including phenoxy) is 2. The van der Waals surface area contributed by atoms with Crippen LogP contribution in [0.2, 0.25) is 0 Å². The number of benzene rings is 3. The maximum absolute atomic E-state index is 14.1. The van der Waals surface area contributed by atoms with Gasteiger partial charge < -0.3 is 24.5 Å². The van der Waals surface area contributed by atoms with Gasteiger partial charge in [0.05, 0.1) is 25.7 Å². The minimum atomic E-state index is -1.54. The Hall–Kier alpha value is -3.98. The summed E-state index contributed by atoms with van der Waals surface area (Å²) in [5.41, 5.74) is 1.61. The Labute approximate surface area is 187 Å². The molecule has 0 aliphatic rings. The van der Waals surface area contributed by atoms with E-state index in [0.29, 0.717) is 21.9 Å². The van der Waals surface area contributed by atoms with Crippen molar-refractivity contribution in [2.75, 3.05) is 13.7 Å². The van der Waals surface area contributed by atoms with Crippen LogP contribution in [0.25, 0.3) is 21.7 Å². The van der Waals surface area contributed by atoms with Gasteiger partial charge in [-0.2, -0.15) is 0 Å². The van der Waals surface area contributed by atoms with Crippen LogP contribution in [-0.4, -0.2) is 35.5 Å². The normalized spacial score (nSPS) is 11.1. The van der Waals surface area contributed by atoms with Gasteiger partial charge in [-0.3, -0.25) is 4.79 Å². The Bertz CT molecular complexity index is 1370. The molecule has 170 valence electrons. The summed E-state index contributed by atoms with van der Waals surface area (Å²) < 4.78 is 39.4. The number of aromatic nitrogens is 1. The predicted octanol–water partition coefficient (Wildman–Crippen LogP) is 4.44. The highest BCUT2D eigenvalue weighted by molar-refractivity contribution is 5.89. The van der Waals surface area contributed by atoms with E-state index in [9.17, 15) is 23.5 Å². The minimum absolute atomic E-state index is 0.0196. The Balaban J connectivity index is 1.86. The molecule has 3 aromatic carbocycles. The van der Waals surface area contributed by atoms with E-state index in [0.717, 1.165) is 10.9 Å². The quantitative estimate of drug-likeness (QED) is 0.402. The van der Waals surface area contributed by atoms with E-state index in [1.165, 1.54) is 37.4 Å². The van der Waals surface area contributed by atoms with Gasteiger partial charge in [0.15, 0.2) is 0 Å². The topological polar surface area (TPSA) is 89.8 Å². The zero-order valence-electron chi connectivity index (χ0n) is 17.6. The SMILES string of the molecule is COC(=O)CNCc1c(OC(=O)O)n(Cc2cccc3ccc(F)cc23)c2ccc(F)cc12. The lowest BCUT2D eigenvalue weighted by atomic mass is 10.0. The van der Waals surface area contributed by atoms with Crippen molar-refractivity contribution < 1.29 is 33.0 Å².